The van der Waals surface area contributed by atoms with Crippen LogP contribution in [0.1, 0.15) is 19.3 Å². The number of rotatable bonds is 5. The van der Waals surface area contributed by atoms with E-state index in [1.54, 1.807) is 0 Å². The van der Waals surface area contributed by atoms with Gasteiger partial charge in [0, 0.05) is 17.4 Å². The van der Waals surface area contributed by atoms with E-state index in [-0.39, 0.29) is 5.92 Å². The number of nitrogens with one attached hydrogen (secondary N) is 1. The molecule has 1 heterocycles. The maximum absolute atomic E-state index is 12.5. The summed E-state index contributed by atoms with van der Waals surface area (Å²) >= 11 is 3.40. The maximum Gasteiger partial charge on any atom is 0.226 e. The largest absolute Gasteiger partial charge is 0.492 e. The Balaban J connectivity index is 1.43. The summed E-state index contributed by atoms with van der Waals surface area (Å²) in [6, 6.07) is 7.76. The lowest BCUT2D eigenvalue weighted by Gasteiger charge is -2.25. The van der Waals surface area contributed by atoms with Gasteiger partial charge in [0.05, 0.1) is 6.54 Å². The van der Waals surface area contributed by atoms with Gasteiger partial charge in [-0.1, -0.05) is 15.9 Å². The van der Waals surface area contributed by atoms with E-state index in [1.807, 2.05) is 36.2 Å². The molecule has 1 spiro atoms. The highest BCUT2D eigenvalue weighted by Crippen LogP contribution is 2.59. The standard InChI is InChI=1S/C17H23BrN2O2/c1-20(10-11-22-14-4-2-13(18)3-5-14)16(21)15-12-17(15)6-8-19-9-7-17/h2-5,15,19H,6-12H2,1H3. The lowest BCUT2D eigenvalue weighted by molar-refractivity contribution is -0.132. The second-order valence-electron chi connectivity index (χ2n) is 6.43. The van der Waals surface area contributed by atoms with Crippen LogP contribution >= 0.6 is 15.9 Å². The van der Waals surface area contributed by atoms with E-state index in [9.17, 15) is 4.79 Å². The van der Waals surface area contributed by atoms with Crippen LogP contribution in [0.2, 0.25) is 0 Å². The molecule has 1 saturated carbocycles. The number of carbonyl (C=O) groups is 1. The second-order valence-corrected chi connectivity index (χ2v) is 7.35. The normalized spacial score (nSPS) is 22.4. The molecule has 0 bridgehead atoms. The van der Waals surface area contributed by atoms with Gasteiger partial charge in [0.15, 0.2) is 0 Å². The highest BCUT2D eigenvalue weighted by molar-refractivity contribution is 9.10. The third-order valence-electron chi connectivity index (χ3n) is 4.97. The summed E-state index contributed by atoms with van der Waals surface area (Å²) in [5.41, 5.74) is 0.309. The molecule has 0 aromatic heterocycles. The van der Waals surface area contributed by atoms with Crippen LogP contribution in [0.3, 0.4) is 0 Å². The van der Waals surface area contributed by atoms with Crippen molar-refractivity contribution in [3.05, 3.63) is 28.7 Å². The summed E-state index contributed by atoms with van der Waals surface area (Å²) in [6.45, 7) is 3.28. The quantitative estimate of drug-likeness (QED) is 0.870. The van der Waals surface area contributed by atoms with Crippen molar-refractivity contribution < 1.29 is 9.53 Å². The van der Waals surface area contributed by atoms with Crippen molar-refractivity contribution in [2.45, 2.75) is 19.3 Å². The Morgan fingerprint density at radius 2 is 2.05 bits per heavy atom. The van der Waals surface area contributed by atoms with Gasteiger partial charge < -0.3 is 15.0 Å². The lowest BCUT2D eigenvalue weighted by atomic mass is 9.91. The predicted octanol–water partition coefficient (Wildman–Crippen LogP) is 2.68. The minimum Gasteiger partial charge on any atom is -0.492 e. The monoisotopic (exact) mass is 366 g/mol. The maximum atomic E-state index is 12.5. The lowest BCUT2D eigenvalue weighted by Crippen LogP contribution is -2.36. The van der Waals surface area contributed by atoms with Crippen LogP contribution in [0.15, 0.2) is 28.7 Å². The SMILES string of the molecule is CN(CCOc1ccc(Br)cc1)C(=O)C1CC12CCNCC2. The van der Waals surface area contributed by atoms with Gasteiger partial charge in [0.2, 0.25) is 5.91 Å². The molecular formula is C17H23BrN2O2. The van der Waals surface area contributed by atoms with Gasteiger partial charge >= 0.3 is 0 Å². The number of hydrogen-bond acceptors (Lipinski definition) is 3. The third kappa shape index (κ3) is 3.46. The molecule has 1 saturated heterocycles. The topological polar surface area (TPSA) is 41.6 Å². The Morgan fingerprint density at radius 1 is 1.36 bits per heavy atom. The predicted molar refractivity (Wildman–Crippen MR) is 89.9 cm³/mol. The minimum absolute atomic E-state index is 0.243. The molecule has 1 unspecified atom stereocenters. The zero-order chi connectivity index (χ0) is 15.6. The third-order valence-corrected chi connectivity index (χ3v) is 5.50. The van der Waals surface area contributed by atoms with Crippen molar-refractivity contribution >= 4 is 21.8 Å². The van der Waals surface area contributed by atoms with Crippen molar-refractivity contribution in [2.75, 3.05) is 33.3 Å². The summed E-state index contributed by atoms with van der Waals surface area (Å²) < 4.78 is 6.73. The summed E-state index contributed by atoms with van der Waals surface area (Å²) in [5.74, 6) is 1.37. The van der Waals surface area contributed by atoms with Gasteiger partial charge in [-0.3, -0.25) is 4.79 Å². The number of nitrogens with zero attached hydrogens (tertiary/aromatic N) is 1. The zero-order valence-corrected chi connectivity index (χ0v) is 14.6. The molecule has 1 atom stereocenters. The molecule has 2 fully saturated rings. The van der Waals surface area contributed by atoms with E-state index in [0.29, 0.717) is 24.5 Å². The Morgan fingerprint density at radius 3 is 2.73 bits per heavy atom. The van der Waals surface area contributed by atoms with E-state index < -0.39 is 0 Å². The van der Waals surface area contributed by atoms with Crippen LogP contribution in [0.5, 0.6) is 5.75 Å². The van der Waals surface area contributed by atoms with E-state index in [1.165, 1.54) is 0 Å². The van der Waals surface area contributed by atoms with E-state index in [2.05, 4.69) is 21.2 Å². The first kappa shape index (κ1) is 15.8. The van der Waals surface area contributed by atoms with Gasteiger partial charge in [-0.2, -0.15) is 0 Å². The fourth-order valence-electron chi connectivity index (χ4n) is 3.38. The van der Waals surface area contributed by atoms with Gasteiger partial charge in [-0.05, 0) is 62.0 Å². The minimum atomic E-state index is 0.243. The molecule has 5 heteroatoms. The number of amides is 1. The van der Waals surface area contributed by atoms with Crippen molar-refractivity contribution in [1.29, 1.82) is 0 Å². The van der Waals surface area contributed by atoms with Crippen LogP contribution in [-0.2, 0) is 4.79 Å². The first-order chi connectivity index (χ1) is 10.6. The fourth-order valence-corrected chi connectivity index (χ4v) is 3.65. The number of benzene rings is 1. The fraction of sp³-hybridized carbons (Fsp3) is 0.588. The van der Waals surface area contributed by atoms with Crippen LogP contribution in [0.25, 0.3) is 0 Å². The average molecular weight is 367 g/mol. The first-order valence-electron chi connectivity index (χ1n) is 7.95. The molecule has 1 aromatic carbocycles. The molecule has 1 aliphatic heterocycles. The number of ether oxygens (including phenoxy) is 1. The molecule has 120 valence electrons. The summed E-state index contributed by atoms with van der Waals surface area (Å²) in [6.07, 6.45) is 3.37. The van der Waals surface area contributed by atoms with Crippen LogP contribution in [0, 0.1) is 11.3 Å². The van der Waals surface area contributed by atoms with Crippen molar-refractivity contribution in [1.82, 2.24) is 10.2 Å². The Bertz CT molecular complexity index is 526. The number of likely N-dealkylation sites (N-methyl/N-ethyl adjacent to an activating group) is 1. The second kappa shape index (κ2) is 6.59. The van der Waals surface area contributed by atoms with Gasteiger partial charge in [0.1, 0.15) is 12.4 Å². The highest BCUT2D eigenvalue weighted by Gasteiger charge is 2.58. The first-order valence-corrected chi connectivity index (χ1v) is 8.74. The summed E-state index contributed by atoms with van der Waals surface area (Å²) in [7, 11) is 1.89. The Hall–Kier alpha value is -1.07. The molecule has 1 N–H and O–H groups in total. The molecule has 1 aliphatic carbocycles. The van der Waals surface area contributed by atoms with Crippen molar-refractivity contribution in [3.8, 4) is 5.75 Å². The smallest absolute Gasteiger partial charge is 0.226 e. The van der Waals surface area contributed by atoms with Gasteiger partial charge in [0.25, 0.3) is 0 Å². The van der Waals surface area contributed by atoms with Gasteiger partial charge in [-0.15, -0.1) is 0 Å². The summed E-state index contributed by atoms with van der Waals surface area (Å²) in [5, 5.41) is 3.38. The molecule has 1 amide bonds. The molecular weight excluding hydrogens is 344 g/mol. The molecule has 2 aliphatic rings. The molecule has 4 nitrogen and oxygen atoms in total. The molecule has 1 aromatic rings. The summed E-state index contributed by atoms with van der Waals surface area (Å²) in [4.78, 5) is 14.3. The van der Waals surface area contributed by atoms with Crippen molar-refractivity contribution in [2.24, 2.45) is 11.3 Å². The molecule has 22 heavy (non-hydrogen) atoms. The van der Waals surface area contributed by atoms with Crippen LogP contribution in [-0.4, -0.2) is 44.1 Å². The Kier molecular flexibility index (Phi) is 4.73. The number of halogens is 1. The van der Waals surface area contributed by atoms with E-state index >= 15 is 0 Å². The van der Waals surface area contributed by atoms with E-state index in [4.69, 9.17) is 4.74 Å². The van der Waals surface area contributed by atoms with Crippen LogP contribution in [0.4, 0.5) is 0 Å². The van der Waals surface area contributed by atoms with Crippen LogP contribution < -0.4 is 10.1 Å². The Labute approximate surface area is 140 Å². The highest BCUT2D eigenvalue weighted by atomic mass is 79.9. The molecule has 0 radical (unpaired) electrons. The number of carbonyl (C=O) groups excluding carboxylic acids is 1. The number of hydrogen-bond donors (Lipinski definition) is 1. The van der Waals surface area contributed by atoms with Crippen molar-refractivity contribution in [3.63, 3.8) is 0 Å². The molecule has 3 rings (SSSR count). The van der Waals surface area contributed by atoms with E-state index in [0.717, 1.165) is 42.6 Å². The number of piperidine rings is 1. The van der Waals surface area contributed by atoms with Gasteiger partial charge in [-0.25, -0.2) is 0 Å². The average Bonchev–Trinajstić information content (AvgIpc) is 3.22. The zero-order valence-electron chi connectivity index (χ0n) is 13.0.